The van der Waals surface area contributed by atoms with Crippen LogP contribution in [0.3, 0.4) is 0 Å². The topological polar surface area (TPSA) is 62.0 Å². The van der Waals surface area contributed by atoms with E-state index in [4.69, 9.17) is 14.1 Å². The van der Waals surface area contributed by atoms with Gasteiger partial charge >= 0.3 is 0 Å². The van der Waals surface area contributed by atoms with Gasteiger partial charge < -0.3 is 24.7 Å². The van der Waals surface area contributed by atoms with Crippen molar-refractivity contribution in [3.63, 3.8) is 0 Å². The first-order chi connectivity index (χ1) is 11.8. The van der Waals surface area contributed by atoms with Crippen LogP contribution in [0.2, 0.25) is 0 Å². The van der Waals surface area contributed by atoms with Crippen LogP contribution in [0.1, 0.15) is 31.9 Å². The molecule has 0 spiro atoms. The van der Waals surface area contributed by atoms with E-state index in [-0.39, 0.29) is 0 Å². The summed E-state index contributed by atoms with van der Waals surface area (Å²) in [6.45, 7) is 8.39. The highest BCUT2D eigenvalue weighted by Crippen LogP contribution is 2.15. The Kier molecular flexibility index (Phi) is 8.70. The van der Waals surface area contributed by atoms with Crippen LogP contribution in [0.5, 0.6) is 0 Å². The summed E-state index contributed by atoms with van der Waals surface area (Å²) in [6.07, 6.45) is 5.11. The van der Waals surface area contributed by atoms with E-state index in [2.05, 4.69) is 29.5 Å². The zero-order chi connectivity index (χ0) is 17.0. The van der Waals surface area contributed by atoms with Gasteiger partial charge in [0.1, 0.15) is 12.4 Å². The van der Waals surface area contributed by atoms with Gasteiger partial charge in [0.25, 0.3) is 0 Å². The van der Waals surface area contributed by atoms with Gasteiger partial charge in [-0.2, -0.15) is 0 Å². The maximum Gasteiger partial charge on any atom is 0.191 e. The summed E-state index contributed by atoms with van der Waals surface area (Å²) in [6, 6.07) is 3.81. The van der Waals surface area contributed by atoms with Crippen molar-refractivity contribution < 1.29 is 9.15 Å². The molecule has 1 aromatic rings. The van der Waals surface area contributed by atoms with Crippen LogP contribution in [-0.2, 0) is 11.3 Å². The lowest BCUT2D eigenvalue weighted by atomic mass is 9.97. The molecule has 0 unspecified atom stereocenters. The average molecular weight is 336 g/mol. The third-order valence-corrected chi connectivity index (χ3v) is 4.27. The lowest BCUT2D eigenvalue weighted by molar-refractivity contribution is 0.105. The minimum Gasteiger partial charge on any atom is -0.467 e. The summed E-state index contributed by atoms with van der Waals surface area (Å²) in [5.74, 6) is 2.51. The fourth-order valence-electron chi connectivity index (χ4n) is 2.76. The molecule has 0 radical (unpaired) electrons. The lowest BCUT2D eigenvalue weighted by Gasteiger charge is -2.28. The highest BCUT2D eigenvalue weighted by molar-refractivity contribution is 5.79. The average Bonchev–Trinajstić information content (AvgIpc) is 3.10. The second-order valence-electron chi connectivity index (χ2n) is 6.38. The lowest BCUT2D eigenvalue weighted by Crippen LogP contribution is -2.39. The fourth-order valence-corrected chi connectivity index (χ4v) is 2.76. The number of ether oxygens (including phenoxy) is 1. The molecule has 6 nitrogen and oxygen atoms in total. The maximum atomic E-state index is 5.59. The number of hydrogen-bond donors (Lipinski definition) is 2. The highest BCUT2D eigenvalue weighted by atomic mass is 16.5. The van der Waals surface area contributed by atoms with E-state index in [0.717, 1.165) is 37.8 Å². The first-order valence-electron chi connectivity index (χ1n) is 9.08. The van der Waals surface area contributed by atoms with Crippen LogP contribution < -0.4 is 10.6 Å². The SMILES string of the molecule is CCNC(=NCC1CCN(C)CC1)NCCCOCc1ccco1. The van der Waals surface area contributed by atoms with E-state index in [0.29, 0.717) is 19.1 Å². The molecule has 2 N–H and O–H groups in total. The van der Waals surface area contributed by atoms with E-state index < -0.39 is 0 Å². The largest absolute Gasteiger partial charge is 0.467 e. The maximum absolute atomic E-state index is 5.59. The van der Waals surface area contributed by atoms with Gasteiger partial charge in [-0.1, -0.05) is 0 Å². The second-order valence-corrected chi connectivity index (χ2v) is 6.38. The molecule has 136 valence electrons. The van der Waals surface area contributed by atoms with E-state index in [9.17, 15) is 0 Å². The minimum absolute atomic E-state index is 0.539. The highest BCUT2D eigenvalue weighted by Gasteiger charge is 2.16. The molecule has 0 aromatic carbocycles. The molecule has 0 bridgehead atoms. The van der Waals surface area contributed by atoms with Crippen molar-refractivity contribution in [2.45, 2.75) is 32.8 Å². The van der Waals surface area contributed by atoms with E-state index in [1.807, 2.05) is 12.1 Å². The predicted molar refractivity (Wildman–Crippen MR) is 97.2 cm³/mol. The number of nitrogens with zero attached hydrogens (tertiary/aromatic N) is 2. The number of likely N-dealkylation sites (tertiary alicyclic amines) is 1. The number of rotatable bonds is 9. The summed E-state index contributed by atoms with van der Waals surface area (Å²) in [5, 5.41) is 6.70. The van der Waals surface area contributed by atoms with Gasteiger partial charge in [-0.15, -0.1) is 0 Å². The van der Waals surface area contributed by atoms with Crippen LogP contribution in [0.25, 0.3) is 0 Å². The molecule has 1 aliphatic rings. The van der Waals surface area contributed by atoms with Gasteiger partial charge in [0.2, 0.25) is 0 Å². The Morgan fingerprint density at radius 3 is 2.92 bits per heavy atom. The zero-order valence-corrected chi connectivity index (χ0v) is 15.1. The van der Waals surface area contributed by atoms with Crippen molar-refractivity contribution >= 4 is 5.96 Å². The van der Waals surface area contributed by atoms with E-state index >= 15 is 0 Å². The monoisotopic (exact) mass is 336 g/mol. The molecule has 1 aromatic heterocycles. The van der Waals surface area contributed by atoms with Crippen LogP contribution >= 0.6 is 0 Å². The molecule has 0 atom stereocenters. The molecule has 24 heavy (non-hydrogen) atoms. The molecule has 0 amide bonds. The van der Waals surface area contributed by atoms with Crippen LogP contribution in [0.15, 0.2) is 27.8 Å². The molecular weight excluding hydrogens is 304 g/mol. The summed E-state index contributed by atoms with van der Waals surface area (Å²) >= 11 is 0. The molecule has 1 fully saturated rings. The van der Waals surface area contributed by atoms with Crippen molar-refractivity contribution in [3.8, 4) is 0 Å². The number of furan rings is 1. The summed E-state index contributed by atoms with van der Waals surface area (Å²) in [4.78, 5) is 7.14. The fraction of sp³-hybridized carbons (Fsp3) is 0.722. The van der Waals surface area contributed by atoms with E-state index in [1.54, 1.807) is 6.26 Å². The number of aliphatic imine (C=N–C) groups is 1. The third-order valence-electron chi connectivity index (χ3n) is 4.27. The van der Waals surface area contributed by atoms with Crippen molar-refractivity contribution in [1.82, 2.24) is 15.5 Å². The van der Waals surface area contributed by atoms with Crippen molar-refractivity contribution in [2.75, 3.05) is 46.4 Å². The molecule has 0 aliphatic carbocycles. The van der Waals surface area contributed by atoms with Gasteiger partial charge in [-0.05, 0) is 64.4 Å². The quantitative estimate of drug-likeness (QED) is 0.411. The van der Waals surface area contributed by atoms with Crippen molar-refractivity contribution in [3.05, 3.63) is 24.2 Å². The van der Waals surface area contributed by atoms with Gasteiger partial charge in [0.15, 0.2) is 5.96 Å². The molecular formula is C18H32N4O2. The standard InChI is InChI=1S/C18H32N4O2/c1-3-19-18(21-14-16-7-10-22(2)11-8-16)20-9-5-12-23-15-17-6-4-13-24-17/h4,6,13,16H,3,5,7-12,14-15H2,1-2H3,(H2,19,20,21). The number of nitrogens with one attached hydrogen (secondary N) is 2. The molecule has 1 saturated heterocycles. The Labute approximate surface area is 145 Å². The van der Waals surface area contributed by atoms with Crippen LogP contribution in [-0.4, -0.2) is 57.2 Å². The minimum atomic E-state index is 0.539. The normalized spacial score (nSPS) is 17.2. The van der Waals surface area contributed by atoms with Crippen LogP contribution in [0.4, 0.5) is 0 Å². The Morgan fingerprint density at radius 1 is 1.38 bits per heavy atom. The first kappa shape index (κ1) is 18.8. The Balaban J connectivity index is 1.58. The molecule has 2 heterocycles. The third kappa shape index (κ3) is 7.36. The van der Waals surface area contributed by atoms with Crippen molar-refractivity contribution in [1.29, 1.82) is 0 Å². The van der Waals surface area contributed by atoms with Crippen LogP contribution in [0, 0.1) is 5.92 Å². The van der Waals surface area contributed by atoms with Gasteiger partial charge in [0.05, 0.1) is 6.26 Å². The zero-order valence-electron chi connectivity index (χ0n) is 15.1. The Bertz CT molecular complexity index is 454. The van der Waals surface area contributed by atoms with Gasteiger partial charge in [-0.3, -0.25) is 4.99 Å². The summed E-state index contributed by atoms with van der Waals surface area (Å²) in [7, 11) is 2.19. The van der Waals surface area contributed by atoms with Gasteiger partial charge in [0, 0.05) is 26.2 Å². The van der Waals surface area contributed by atoms with Crippen molar-refractivity contribution in [2.24, 2.45) is 10.9 Å². The smallest absolute Gasteiger partial charge is 0.191 e. The van der Waals surface area contributed by atoms with E-state index in [1.165, 1.54) is 25.9 Å². The summed E-state index contributed by atoms with van der Waals surface area (Å²) < 4.78 is 10.8. The Morgan fingerprint density at radius 2 is 2.21 bits per heavy atom. The number of guanidine groups is 1. The number of piperidine rings is 1. The Hall–Kier alpha value is -1.53. The first-order valence-corrected chi connectivity index (χ1v) is 9.08. The second kappa shape index (κ2) is 11.1. The number of hydrogen-bond acceptors (Lipinski definition) is 4. The summed E-state index contributed by atoms with van der Waals surface area (Å²) in [5.41, 5.74) is 0. The molecule has 2 rings (SSSR count). The molecule has 1 aliphatic heterocycles. The molecule has 0 saturated carbocycles. The predicted octanol–water partition coefficient (Wildman–Crippen LogP) is 2.08. The van der Waals surface area contributed by atoms with Gasteiger partial charge in [-0.25, -0.2) is 0 Å². The molecule has 6 heteroatoms.